The van der Waals surface area contributed by atoms with Crippen molar-refractivity contribution < 1.29 is 22.7 Å². The average molecular weight is 377 g/mol. The molecular formula is C18H14F3N3O3. The summed E-state index contributed by atoms with van der Waals surface area (Å²) in [5.74, 6) is -0.446. The molecule has 3 rings (SSSR count). The highest BCUT2D eigenvalue weighted by Crippen LogP contribution is 2.20. The minimum absolute atomic E-state index is 0.0280. The Morgan fingerprint density at radius 1 is 1.11 bits per heavy atom. The van der Waals surface area contributed by atoms with Crippen LogP contribution in [0.1, 0.15) is 0 Å². The first-order chi connectivity index (χ1) is 12.8. The number of halogens is 3. The normalized spacial score (nSPS) is 11.4. The number of anilines is 1. The number of rotatable bonds is 5. The van der Waals surface area contributed by atoms with E-state index in [0.717, 1.165) is 0 Å². The molecule has 2 aromatic carbocycles. The van der Waals surface area contributed by atoms with E-state index in [1.807, 2.05) is 0 Å². The number of carbonyl (C=O) groups is 1. The van der Waals surface area contributed by atoms with E-state index in [1.165, 1.54) is 35.2 Å². The van der Waals surface area contributed by atoms with Crippen molar-refractivity contribution in [3.8, 4) is 5.75 Å². The molecule has 140 valence electrons. The highest BCUT2D eigenvalue weighted by atomic mass is 19.4. The molecule has 9 heteroatoms. The van der Waals surface area contributed by atoms with Gasteiger partial charge in [0.25, 0.3) is 5.56 Å². The van der Waals surface area contributed by atoms with Crippen molar-refractivity contribution in [2.75, 3.05) is 11.9 Å². The standard InChI is InChI=1S/C18H14F3N3O3/c19-18(20,21)10-27-13-7-5-12(6-8-13)23-16(25)9-24-11-22-15-4-2-1-3-14(15)17(24)26/h1-8,11H,9-10H2,(H,23,25). The number of para-hydroxylation sites is 1. The lowest BCUT2D eigenvalue weighted by molar-refractivity contribution is -0.153. The largest absolute Gasteiger partial charge is 0.484 e. The smallest absolute Gasteiger partial charge is 0.422 e. The molecule has 0 fully saturated rings. The lowest BCUT2D eigenvalue weighted by Crippen LogP contribution is -2.27. The highest BCUT2D eigenvalue weighted by Gasteiger charge is 2.28. The van der Waals surface area contributed by atoms with Crippen LogP contribution in [-0.4, -0.2) is 28.2 Å². The van der Waals surface area contributed by atoms with Crippen LogP contribution in [-0.2, 0) is 11.3 Å². The molecule has 1 amide bonds. The maximum atomic E-state index is 12.3. The number of ether oxygens (including phenoxy) is 1. The molecule has 0 atom stereocenters. The quantitative estimate of drug-likeness (QED) is 0.742. The molecule has 0 aliphatic rings. The second kappa shape index (κ2) is 7.48. The first-order valence-corrected chi connectivity index (χ1v) is 7.85. The molecule has 6 nitrogen and oxygen atoms in total. The van der Waals surface area contributed by atoms with Crippen molar-refractivity contribution in [1.82, 2.24) is 9.55 Å². The summed E-state index contributed by atoms with van der Waals surface area (Å²) in [5, 5.41) is 2.96. The lowest BCUT2D eigenvalue weighted by atomic mass is 10.2. The summed E-state index contributed by atoms with van der Waals surface area (Å²) in [4.78, 5) is 28.6. The van der Waals surface area contributed by atoms with Crippen molar-refractivity contribution in [1.29, 1.82) is 0 Å². The van der Waals surface area contributed by atoms with Gasteiger partial charge in [0.1, 0.15) is 12.3 Å². The zero-order valence-electron chi connectivity index (χ0n) is 13.9. The van der Waals surface area contributed by atoms with Crippen LogP contribution in [0, 0.1) is 0 Å². The second-order valence-electron chi connectivity index (χ2n) is 5.67. The number of aromatic nitrogens is 2. The van der Waals surface area contributed by atoms with Gasteiger partial charge in [-0.2, -0.15) is 13.2 Å². The zero-order chi connectivity index (χ0) is 19.4. The summed E-state index contributed by atoms with van der Waals surface area (Å²) < 4.78 is 42.1. The van der Waals surface area contributed by atoms with E-state index in [4.69, 9.17) is 0 Å². The van der Waals surface area contributed by atoms with Crippen LogP contribution in [0.2, 0.25) is 0 Å². The van der Waals surface area contributed by atoms with Crippen molar-refractivity contribution in [2.45, 2.75) is 12.7 Å². The van der Waals surface area contributed by atoms with E-state index in [0.29, 0.717) is 16.6 Å². The fourth-order valence-electron chi connectivity index (χ4n) is 2.37. The SMILES string of the molecule is O=C(Cn1cnc2ccccc2c1=O)Nc1ccc(OCC(F)(F)F)cc1. The fraction of sp³-hybridized carbons (Fsp3) is 0.167. The first kappa shape index (κ1) is 18.4. The van der Waals surface area contributed by atoms with Gasteiger partial charge in [-0.1, -0.05) is 12.1 Å². The highest BCUT2D eigenvalue weighted by molar-refractivity contribution is 5.90. The van der Waals surface area contributed by atoms with E-state index in [9.17, 15) is 22.8 Å². The van der Waals surface area contributed by atoms with E-state index in [-0.39, 0.29) is 17.9 Å². The van der Waals surface area contributed by atoms with Crippen molar-refractivity contribution in [2.24, 2.45) is 0 Å². The Morgan fingerprint density at radius 3 is 2.52 bits per heavy atom. The van der Waals surface area contributed by atoms with Gasteiger partial charge in [-0.25, -0.2) is 4.98 Å². The Morgan fingerprint density at radius 2 is 1.81 bits per heavy atom. The summed E-state index contributed by atoms with van der Waals surface area (Å²) in [6, 6.07) is 12.2. The average Bonchev–Trinajstić information content (AvgIpc) is 2.63. The lowest BCUT2D eigenvalue weighted by Gasteiger charge is -2.10. The molecular weight excluding hydrogens is 363 g/mol. The number of hydrogen-bond acceptors (Lipinski definition) is 4. The summed E-state index contributed by atoms with van der Waals surface area (Å²) in [7, 11) is 0. The van der Waals surface area contributed by atoms with E-state index < -0.39 is 18.7 Å². The van der Waals surface area contributed by atoms with Crippen LogP contribution in [0.3, 0.4) is 0 Å². The van der Waals surface area contributed by atoms with Crippen LogP contribution >= 0.6 is 0 Å². The molecule has 27 heavy (non-hydrogen) atoms. The van der Waals surface area contributed by atoms with Crippen LogP contribution in [0.15, 0.2) is 59.7 Å². The van der Waals surface area contributed by atoms with E-state index in [2.05, 4.69) is 15.0 Å². The van der Waals surface area contributed by atoms with Gasteiger partial charge in [-0.05, 0) is 36.4 Å². The number of fused-ring (bicyclic) bond motifs is 1. The number of benzene rings is 2. The number of amides is 1. The Bertz CT molecular complexity index is 1010. The maximum absolute atomic E-state index is 12.3. The van der Waals surface area contributed by atoms with Gasteiger partial charge >= 0.3 is 6.18 Å². The minimum atomic E-state index is -4.42. The number of alkyl halides is 3. The molecule has 1 aromatic heterocycles. The van der Waals surface area contributed by atoms with E-state index >= 15 is 0 Å². The van der Waals surface area contributed by atoms with Crippen molar-refractivity contribution in [3.63, 3.8) is 0 Å². The van der Waals surface area contributed by atoms with Crippen LogP contribution < -0.4 is 15.6 Å². The first-order valence-electron chi connectivity index (χ1n) is 7.85. The summed E-state index contributed by atoms with van der Waals surface area (Å²) in [5.41, 5.74) is 0.557. The molecule has 0 aliphatic carbocycles. The number of nitrogens with one attached hydrogen (secondary N) is 1. The Labute approximate surface area is 151 Å². The van der Waals surface area contributed by atoms with Gasteiger partial charge in [-0.15, -0.1) is 0 Å². The molecule has 1 heterocycles. The molecule has 0 bridgehead atoms. The number of nitrogens with zero attached hydrogens (tertiary/aromatic N) is 2. The maximum Gasteiger partial charge on any atom is 0.422 e. The molecule has 3 aromatic rings. The fourth-order valence-corrected chi connectivity index (χ4v) is 2.37. The summed E-state index contributed by atoms with van der Waals surface area (Å²) in [6.07, 6.45) is -3.13. The molecule has 0 saturated carbocycles. The van der Waals surface area contributed by atoms with Gasteiger partial charge in [0.15, 0.2) is 6.61 Å². The van der Waals surface area contributed by atoms with Crippen LogP contribution in [0.4, 0.5) is 18.9 Å². The molecule has 0 radical (unpaired) electrons. The Kier molecular flexibility index (Phi) is 5.11. The molecule has 1 N–H and O–H groups in total. The number of hydrogen-bond donors (Lipinski definition) is 1. The Hall–Kier alpha value is -3.36. The van der Waals surface area contributed by atoms with Gasteiger partial charge in [0.05, 0.1) is 17.2 Å². The van der Waals surface area contributed by atoms with E-state index in [1.54, 1.807) is 24.3 Å². The van der Waals surface area contributed by atoms with Gasteiger partial charge in [0.2, 0.25) is 5.91 Å². The van der Waals surface area contributed by atoms with Crippen LogP contribution in [0.5, 0.6) is 5.75 Å². The third-order valence-corrected chi connectivity index (χ3v) is 3.59. The monoisotopic (exact) mass is 377 g/mol. The van der Waals surface area contributed by atoms with Gasteiger partial charge in [-0.3, -0.25) is 14.2 Å². The zero-order valence-corrected chi connectivity index (χ0v) is 13.9. The Balaban J connectivity index is 1.64. The minimum Gasteiger partial charge on any atom is -0.484 e. The third kappa shape index (κ3) is 4.84. The molecule has 0 unspecified atom stereocenters. The predicted octanol–water partition coefficient (Wildman–Crippen LogP) is 2.98. The summed E-state index contributed by atoms with van der Waals surface area (Å²) in [6.45, 7) is -1.64. The predicted molar refractivity (Wildman–Crippen MR) is 92.6 cm³/mol. The second-order valence-corrected chi connectivity index (χ2v) is 5.67. The van der Waals surface area contributed by atoms with Crippen LogP contribution in [0.25, 0.3) is 10.9 Å². The molecule has 0 aliphatic heterocycles. The van der Waals surface area contributed by atoms with Gasteiger partial charge < -0.3 is 10.1 Å². The number of carbonyl (C=O) groups excluding carboxylic acids is 1. The topological polar surface area (TPSA) is 73.2 Å². The van der Waals surface area contributed by atoms with Gasteiger partial charge in [0, 0.05) is 5.69 Å². The molecule has 0 spiro atoms. The van der Waals surface area contributed by atoms with Crippen molar-refractivity contribution in [3.05, 3.63) is 65.2 Å². The molecule has 0 saturated heterocycles. The summed E-state index contributed by atoms with van der Waals surface area (Å²) >= 11 is 0. The van der Waals surface area contributed by atoms with Crippen molar-refractivity contribution >= 4 is 22.5 Å². The third-order valence-electron chi connectivity index (χ3n) is 3.59.